The third-order valence-electron chi connectivity index (χ3n) is 6.48. The summed E-state index contributed by atoms with van der Waals surface area (Å²) in [6.07, 6.45) is 2.21. The number of fused-ring (bicyclic) bond motifs is 6. The van der Waals surface area contributed by atoms with Gasteiger partial charge in [0.25, 0.3) is 0 Å². The van der Waals surface area contributed by atoms with Gasteiger partial charge in [0.2, 0.25) is 0 Å². The maximum Gasteiger partial charge on any atom is 0.0296 e. The van der Waals surface area contributed by atoms with Crippen LogP contribution in [0.2, 0.25) is 0 Å². The maximum atomic E-state index is 2.45. The van der Waals surface area contributed by atoms with Crippen LogP contribution in [0.4, 0.5) is 0 Å². The molecule has 0 saturated carbocycles. The number of hydrogen-bond donors (Lipinski definition) is 0. The molecule has 2 aliphatic carbocycles. The summed E-state index contributed by atoms with van der Waals surface area (Å²) < 4.78 is 0. The van der Waals surface area contributed by atoms with Gasteiger partial charge in [-0.25, -0.2) is 0 Å². The molecule has 0 unspecified atom stereocenters. The lowest BCUT2D eigenvalue weighted by atomic mass is 9.75. The minimum Gasteiger partial charge on any atom is -0.0622 e. The second kappa shape index (κ2) is 5.44. The molecule has 0 atom stereocenters. The van der Waals surface area contributed by atoms with E-state index in [4.69, 9.17) is 0 Å². The first-order valence-corrected chi connectivity index (χ1v) is 9.72. The van der Waals surface area contributed by atoms with Crippen molar-refractivity contribution in [1.82, 2.24) is 0 Å². The third kappa shape index (κ3) is 2.04. The molecule has 0 radical (unpaired) electrons. The van der Waals surface area contributed by atoms with Gasteiger partial charge in [-0.2, -0.15) is 0 Å². The number of benzene rings is 4. The van der Waals surface area contributed by atoms with Crippen LogP contribution in [0.25, 0.3) is 22.3 Å². The number of rotatable bonds is 1. The summed E-state index contributed by atoms with van der Waals surface area (Å²) in [4.78, 5) is 0. The molecular formula is C27H20. The van der Waals surface area contributed by atoms with E-state index in [1.165, 1.54) is 44.5 Å². The molecule has 0 saturated heterocycles. The second-order valence-electron chi connectivity index (χ2n) is 7.88. The summed E-state index contributed by atoms with van der Waals surface area (Å²) >= 11 is 0. The van der Waals surface area contributed by atoms with Crippen molar-refractivity contribution >= 4 is 0 Å². The van der Waals surface area contributed by atoms with Crippen molar-refractivity contribution in [3.8, 4) is 22.3 Å². The van der Waals surface area contributed by atoms with Gasteiger partial charge in [0, 0.05) is 5.41 Å². The van der Waals surface area contributed by atoms with Crippen LogP contribution in [-0.2, 0) is 18.3 Å². The van der Waals surface area contributed by atoms with Gasteiger partial charge < -0.3 is 0 Å². The Labute approximate surface area is 160 Å². The summed E-state index contributed by atoms with van der Waals surface area (Å²) in [5, 5.41) is 0. The molecule has 27 heavy (non-hydrogen) atoms. The van der Waals surface area contributed by atoms with Crippen LogP contribution in [0.5, 0.6) is 0 Å². The lowest BCUT2D eigenvalue weighted by Gasteiger charge is -2.27. The Kier molecular flexibility index (Phi) is 3.02. The highest BCUT2D eigenvalue weighted by molar-refractivity contribution is 5.85. The molecule has 0 aromatic heterocycles. The Morgan fingerprint density at radius 3 is 1.89 bits per heavy atom. The molecule has 0 nitrogen and oxygen atoms in total. The molecule has 4 aromatic rings. The van der Waals surface area contributed by atoms with Crippen LogP contribution >= 0.6 is 0 Å². The van der Waals surface area contributed by atoms with Crippen molar-refractivity contribution in [2.45, 2.75) is 18.3 Å². The summed E-state index contributed by atoms with van der Waals surface area (Å²) in [6.45, 7) is 0. The summed E-state index contributed by atoms with van der Waals surface area (Å²) in [5.74, 6) is 0. The topological polar surface area (TPSA) is 0 Å². The molecule has 0 heterocycles. The Hall–Kier alpha value is -3.12. The molecule has 4 aromatic carbocycles. The van der Waals surface area contributed by atoms with E-state index in [0.29, 0.717) is 0 Å². The second-order valence-corrected chi connectivity index (χ2v) is 7.88. The van der Waals surface area contributed by atoms with Crippen molar-refractivity contribution in [3.63, 3.8) is 0 Å². The van der Waals surface area contributed by atoms with Gasteiger partial charge in [0.1, 0.15) is 0 Å². The average molecular weight is 344 g/mol. The maximum absolute atomic E-state index is 2.45. The first-order chi connectivity index (χ1) is 13.4. The fourth-order valence-electron chi connectivity index (χ4n) is 5.26. The molecule has 0 N–H and O–H groups in total. The molecule has 0 heteroatoms. The van der Waals surface area contributed by atoms with E-state index < -0.39 is 0 Å². The number of hydrogen-bond acceptors (Lipinski definition) is 0. The molecule has 0 fully saturated rings. The van der Waals surface area contributed by atoms with Crippen LogP contribution < -0.4 is 0 Å². The highest BCUT2D eigenvalue weighted by Crippen LogP contribution is 2.55. The molecule has 2 aliphatic rings. The molecule has 6 rings (SSSR count). The van der Waals surface area contributed by atoms with E-state index in [9.17, 15) is 0 Å². The highest BCUT2D eigenvalue weighted by atomic mass is 14.5. The lowest BCUT2D eigenvalue weighted by molar-refractivity contribution is 0.564. The fourth-order valence-corrected chi connectivity index (χ4v) is 5.26. The van der Waals surface area contributed by atoms with Gasteiger partial charge in [0.05, 0.1) is 0 Å². The van der Waals surface area contributed by atoms with Crippen LogP contribution in [0.1, 0.15) is 22.3 Å². The van der Waals surface area contributed by atoms with E-state index in [2.05, 4.69) is 97.1 Å². The van der Waals surface area contributed by atoms with Crippen LogP contribution in [-0.4, -0.2) is 0 Å². The van der Waals surface area contributed by atoms with Gasteiger partial charge in [-0.3, -0.25) is 0 Å². The normalized spacial score (nSPS) is 15.4. The molecular weight excluding hydrogens is 324 g/mol. The predicted molar refractivity (Wildman–Crippen MR) is 112 cm³/mol. The standard InChI is InChI=1S/C27H20/c1-2-8-19(9-3-1)20-14-15-24-23-12-6-7-13-25(23)27(26(24)16-20)17-21-10-4-5-11-22(21)18-27/h1-16H,17-18H2. The summed E-state index contributed by atoms with van der Waals surface area (Å²) in [5.41, 5.74) is 11.5. The highest BCUT2D eigenvalue weighted by Gasteiger charge is 2.46. The largest absolute Gasteiger partial charge is 0.0622 e. The van der Waals surface area contributed by atoms with Gasteiger partial charge >= 0.3 is 0 Å². The first-order valence-electron chi connectivity index (χ1n) is 9.72. The van der Waals surface area contributed by atoms with Crippen molar-refractivity contribution in [3.05, 3.63) is 119 Å². The SMILES string of the molecule is c1ccc(-c2ccc3c(c2)C2(Cc4ccccc4C2)c2ccccc2-3)cc1. The molecule has 128 valence electrons. The van der Waals surface area contributed by atoms with Gasteiger partial charge in [0.15, 0.2) is 0 Å². The Balaban J connectivity index is 1.60. The van der Waals surface area contributed by atoms with E-state index in [1.54, 1.807) is 0 Å². The zero-order chi connectivity index (χ0) is 17.8. The van der Waals surface area contributed by atoms with E-state index in [-0.39, 0.29) is 5.41 Å². The van der Waals surface area contributed by atoms with Crippen LogP contribution in [0.3, 0.4) is 0 Å². The lowest BCUT2D eigenvalue weighted by Crippen LogP contribution is -2.25. The smallest absolute Gasteiger partial charge is 0.0296 e. The molecule has 0 aliphatic heterocycles. The molecule has 0 bridgehead atoms. The minimum atomic E-state index is 0.0837. The van der Waals surface area contributed by atoms with Gasteiger partial charge in [-0.05, 0) is 63.4 Å². The fraction of sp³-hybridized carbons (Fsp3) is 0.111. The van der Waals surface area contributed by atoms with Crippen molar-refractivity contribution < 1.29 is 0 Å². The van der Waals surface area contributed by atoms with E-state index in [1.807, 2.05) is 0 Å². The van der Waals surface area contributed by atoms with E-state index >= 15 is 0 Å². The molecule has 0 amide bonds. The quantitative estimate of drug-likeness (QED) is 0.374. The van der Waals surface area contributed by atoms with Crippen LogP contribution in [0, 0.1) is 0 Å². The van der Waals surface area contributed by atoms with Gasteiger partial charge in [-0.15, -0.1) is 0 Å². The Morgan fingerprint density at radius 1 is 0.481 bits per heavy atom. The Bertz CT molecular complexity index is 1140. The summed E-state index contributed by atoms with van der Waals surface area (Å²) in [7, 11) is 0. The average Bonchev–Trinajstić information content (AvgIpc) is 3.26. The van der Waals surface area contributed by atoms with Crippen molar-refractivity contribution in [1.29, 1.82) is 0 Å². The Morgan fingerprint density at radius 2 is 1.11 bits per heavy atom. The summed E-state index contributed by atoms with van der Waals surface area (Å²) in [6, 6.07) is 35.8. The monoisotopic (exact) mass is 344 g/mol. The van der Waals surface area contributed by atoms with Crippen molar-refractivity contribution in [2.24, 2.45) is 0 Å². The first kappa shape index (κ1) is 15.0. The zero-order valence-corrected chi connectivity index (χ0v) is 15.2. The molecule has 1 spiro atoms. The van der Waals surface area contributed by atoms with Gasteiger partial charge in [-0.1, -0.05) is 91.0 Å². The van der Waals surface area contributed by atoms with E-state index in [0.717, 1.165) is 12.8 Å². The third-order valence-corrected chi connectivity index (χ3v) is 6.48. The predicted octanol–water partition coefficient (Wildman–Crippen LogP) is 6.42. The minimum absolute atomic E-state index is 0.0837. The van der Waals surface area contributed by atoms with Crippen molar-refractivity contribution in [2.75, 3.05) is 0 Å². The van der Waals surface area contributed by atoms with Crippen LogP contribution in [0.15, 0.2) is 97.1 Å². The zero-order valence-electron chi connectivity index (χ0n) is 15.2.